The first-order chi connectivity index (χ1) is 9.94. The molecule has 0 saturated heterocycles. The van der Waals surface area contributed by atoms with Gasteiger partial charge in [0.1, 0.15) is 17.1 Å². The lowest BCUT2D eigenvalue weighted by atomic mass is 9.92. The van der Waals surface area contributed by atoms with Crippen LogP contribution in [-0.4, -0.2) is 19.6 Å². The molecule has 0 aliphatic rings. The van der Waals surface area contributed by atoms with Crippen LogP contribution in [0, 0.1) is 5.41 Å². The van der Waals surface area contributed by atoms with Crippen molar-refractivity contribution in [2.24, 2.45) is 5.41 Å². The number of phenolic OH excluding ortho intramolecular Hbond substituents is 1. The molecule has 0 aliphatic carbocycles. The maximum Gasteiger partial charge on any atom is 0.164 e. The summed E-state index contributed by atoms with van der Waals surface area (Å²) in [5.41, 5.74) is 2.84. The van der Waals surface area contributed by atoms with Gasteiger partial charge in [-0.3, -0.25) is 4.57 Å². The van der Waals surface area contributed by atoms with E-state index in [2.05, 4.69) is 30.3 Å². The minimum absolute atomic E-state index is 0.135. The Morgan fingerprint density at radius 2 is 1.81 bits per heavy atom. The van der Waals surface area contributed by atoms with Crippen molar-refractivity contribution in [2.75, 3.05) is 0 Å². The molecule has 2 aromatic heterocycles. The number of imidazole rings is 1. The molecule has 0 radical (unpaired) electrons. The number of phenols is 1. The molecule has 0 spiro atoms. The molecule has 1 N–H and O–H groups in total. The van der Waals surface area contributed by atoms with E-state index in [1.165, 1.54) is 0 Å². The standard InChI is InChI=1S/C17H19N3O/c1-17(2,3)11-15-19-14-5-4-10-18-16(14)20(15)12-6-8-13(21)9-7-12/h4-10,21H,11H2,1-3H3. The van der Waals surface area contributed by atoms with Gasteiger partial charge in [0, 0.05) is 18.3 Å². The van der Waals surface area contributed by atoms with E-state index in [0.717, 1.165) is 29.1 Å². The number of aromatic hydroxyl groups is 1. The van der Waals surface area contributed by atoms with Crippen LogP contribution in [0.4, 0.5) is 0 Å². The van der Waals surface area contributed by atoms with Crippen molar-refractivity contribution in [3.63, 3.8) is 0 Å². The summed E-state index contributed by atoms with van der Waals surface area (Å²) in [6, 6.07) is 11.0. The average molecular weight is 281 g/mol. The summed E-state index contributed by atoms with van der Waals surface area (Å²) >= 11 is 0. The quantitative estimate of drug-likeness (QED) is 0.779. The maximum atomic E-state index is 9.48. The van der Waals surface area contributed by atoms with Gasteiger partial charge in [0.15, 0.2) is 5.65 Å². The van der Waals surface area contributed by atoms with Gasteiger partial charge >= 0.3 is 0 Å². The zero-order valence-electron chi connectivity index (χ0n) is 12.5. The molecule has 0 bridgehead atoms. The molecule has 0 atom stereocenters. The number of hydrogen-bond acceptors (Lipinski definition) is 3. The Labute approximate surface area is 124 Å². The zero-order valence-corrected chi connectivity index (χ0v) is 12.5. The Kier molecular flexibility index (Phi) is 3.16. The van der Waals surface area contributed by atoms with Crippen molar-refractivity contribution in [1.29, 1.82) is 0 Å². The van der Waals surface area contributed by atoms with E-state index >= 15 is 0 Å². The van der Waals surface area contributed by atoms with Crippen LogP contribution in [0.25, 0.3) is 16.9 Å². The Bertz CT molecular complexity index is 767. The smallest absolute Gasteiger partial charge is 0.164 e. The lowest BCUT2D eigenvalue weighted by molar-refractivity contribution is 0.399. The summed E-state index contributed by atoms with van der Waals surface area (Å²) in [5, 5.41) is 9.48. The molecule has 4 heteroatoms. The number of nitrogens with zero attached hydrogens (tertiary/aromatic N) is 3. The first kappa shape index (κ1) is 13.6. The van der Waals surface area contributed by atoms with E-state index in [0.29, 0.717) is 0 Å². The van der Waals surface area contributed by atoms with Gasteiger partial charge in [0.25, 0.3) is 0 Å². The molecule has 0 unspecified atom stereocenters. The minimum atomic E-state index is 0.135. The molecule has 108 valence electrons. The van der Waals surface area contributed by atoms with Gasteiger partial charge in [-0.1, -0.05) is 20.8 Å². The lowest BCUT2D eigenvalue weighted by Crippen LogP contribution is -2.14. The molecular weight excluding hydrogens is 262 g/mol. The number of aromatic nitrogens is 3. The van der Waals surface area contributed by atoms with Gasteiger partial charge in [-0.15, -0.1) is 0 Å². The van der Waals surface area contributed by atoms with Crippen LogP contribution in [0.3, 0.4) is 0 Å². The molecule has 2 heterocycles. The fourth-order valence-electron chi connectivity index (χ4n) is 2.43. The van der Waals surface area contributed by atoms with Crippen molar-refractivity contribution in [1.82, 2.24) is 14.5 Å². The van der Waals surface area contributed by atoms with Gasteiger partial charge in [-0.05, 0) is 41.8 Å². The topological polar surface area (TPSA) is 50.9 Å². The molecule has 0 saturated carbocycles. The lowest BCUT2D eigenvalue weighted by Gasteiger charge is -2.18. The van der Waals surface area contributed by atoms with Gasteiger partial charge in [-0.2, -0.15) is 0 Å². The van der Waals surface area contributed by atoms with Crippen molar-refractivity contribution >= 4 is 11.2 Å². The summed E-state index contributed by atoms with van der Waals surface area (Å²) in [4.78, 5) is 9.20. The number of hydrogen-bond donors (Lipinski definition) is 1. The van der Waals surface area contributed by atoms with Crippen LogP contribution < -0.4 is 0 Å². The largest absolute Gasteiger partial charge is 0.508 e. The van der Waals surface area contributed by atoms with Gasteiger partial charge < -0.3 is 5.11 Å². The molecule has 3 aromatic rings. The highest BCUT2D eigenvalue weighted by Crippen LogP contribution is 2.26. The highest BCUT2D eigenvalue weighted by molar-refractivity contribution is 5.73. The monoisotopic (exact) mass is 281 g/mol. The van der Waals surface area contributed by atoms with Crippen LogP contribution in [0.2, 0.25) is 0 Å². The van der Waals surface area contributed by atoms with E-state index in [1.807, 2.05) is 24.3 Å². The van der Waals surface area contributed by atoms with E-state index in [9.17, 15) is 5.11 Å². The van der Waals surface area contributed by atoms with Crippen molar-refractivity contribution in [3.05, 3.63) is 48.4 Å². The molecule has 21 heavy (non-hydrogen) atoms. The maximum absolute atomic E-state index is 9.48. The molecule has 4 nitrogen and oxygen atoms in total. The molecular formula is C17H19N3O. The zero-order chi connectivity index (χ0) is 15.0. The highest BCUT2D eigenvalue weighted by Gasteiger charge is 2.19. The summed E-state index contributed by atoms with van der Waals surface area (Å²) in [5.74, 6) is 1.25. The summed E-state index contributed by atoms with van der Waals surface area (Å²) < 4.78 is 2.07. The Hall–Kier alpha value is -2.36. The van der Waals surface area contributed by atoms with Crippen molar-refractivity contribution in [3.8, 4) is 11.4 Å². The summed E-state index contributed by atoms with van der Waals surface area (Å²) in [6.07, 6.45) is 2.63. The SMILES string of the molecule is CC(C)(C)Cc1nc2cccnc2n1-c1ccc(O)cc1. The van der Waals surface area contributed by atoms with Crippen LogP contribution in [0.5, 0.6) is 5.75 Å². The van der Waals surface area contributed by atoms with Gasteiger partial charge in [0.05, 0.1) is 0 Å². The second-order valence-electron chi connectivity index (χ2n) is 6.46. The fraction of sp³-hybridized carbons (Fsp3) is 0.294. The molecule has 1 aromatic carbocycles. The second-order valence-corrected chi connectivity index (χ2v) is 6.46. The molecule has 0 amide bonds. The Morgan fingerprint density at radius 1 is 1.10 bits per heavy atom. The van der Waals surface area contributed by atoms with E-state index in [4.69, 9.17) is 4.98 Å². The molecule has 0 fully saturated rings. The third kappa shape index (κ3) is 2.75. The van der Waals surface area contributed by atoms with Crippen LogP contribution >= 0.6 is 0 Å². The summed E-state index contributed by atoms with van der Waals surface area (Å²) in [7, 11) is 0. The predicted molar refractivity (Wildman–Crippen MR) is 83.7 cm³/mol. The number of fused-ring (bicyclic) bond motifs is 1. The first-order valence-corrected chi connectivity index (χ1v) is 7.06. The number of benzene rings is 1. The van der Waals surface area contributed by atoms with E-state index in [1.54, 1.807) is 18.3 Å². The molecule has 3 rings (SSSR count). The third-order valence-electron chi connectivity index (χ3n) is 3.28. The first-order valence-electron chi connectivity index (χ1n) is 7.06. The van der Waals surface area contributed by atoms with Crippen LogP contribution in [0.1, 0.15) is 26.6 Å². The highest BCUT2D eigenvalue weighted by atomic mass is 16.3. The molecule has 0 aliphatic heterocycles. The minimum Gasteiger partial charge on any atom is -0.508 e. The van der Waals surface area contributed by atoms with Gasteiger partial charge in [-0.25, -0.2) is 9.97 Å². The third-order valence-corrected chi connectivity index (χ3v) is 3.28. The van der Waals surface area contributed by atoms with Gasteiger partial charge in [0.2, 0.25) is 0 Å². The van der Waals surface area contributed by atoms with Crippen molar-refractivity contribution < 1.29 is 5.11 Å². The van der Waals surface area contributed by atoms with E-state index < -0.39 is 0 Å². The Morgan fingerprint density at radius 3 is 2.48 bits per heavy atom. The van der Waals surface area contributed by atoms with Crippen LogP contribution in [0.15, 0.2) is 42.6 Å². The fourth-order valence-corrected chi connectivity index (χ4v) is 2.43. The van der Waals surface area contributed by atoms with E-state index in [-0.39, 0.29) is 11.2 Å². The normalized spacial score (nSPS) is 12.0. The number of pyridine rings is 1. The van der Waals surface area contributed by atoms with Crippen LogP contribution in [-0.2, 0) is 6.42 Å². The number of rotatable bonds is 2. The van der Waals surface area contributed by atoms with Crippen molar-refractivity contribution in [2.45, 2.75) is 27.2 Å². The second kappa shape index (κ2) is 4.88. The Balaban J connectivity index is 2.22. The predicted octanol–water partition coefficient (Wildman–Crippen LogP) is 3.71. The average Bonchev–Trinajstić information content (AvgIpc) is 2.75. The summed E-state index contributed by atoms with van der Waals surface area (Å²) in [6.45, 7) is 6.59.